The van der Waals surface area contributed by atoms with E-state index in [1.165, 1.54) is 0 Å². The summed E-state index contributed by atoms with van der Waals surface area (Å²) in [6.07, 6.45) is -8.61. The van der Waals surface area contributed by atoms with Gasteiger partial charge in [-0.2, -0.15) is 50.6 Å². The number of hydrogen-bond donors (Lipinski definition) is 0. The van der Waals surface area contributed by atoms with Gasteiger partial charge in [-0.05, 0) is 6.04 Å². The number of alkyl halides is 9. The molecule has 0 rings (SSSR count). The Morgan fingerprint density at radius 2 is 1.18 bits per heavy atom. The monoisotopic (exact) mass is 310 g/mol. The minimum atomic E-state index is -6.81. The summed E-state index contributed by atoms with van der Waals surface area (Å²) in [5.74, 6) is -18.8. The molecule has 0 atom stereocenters. The van der Waals surface area contributed by atoms with Gasteiger partial charge in [-0.3, -0.25) is 0 Å². The Morgan fingerprint density at radius 1 is 0.765 bits per heavy atom. The molecular formula is C6H4ClF9Si. The highest BCUT2D eigenvalue weighted by molar-refractivity contribution is 6.93. The van der Waals surface area contributed by atoms with Gasteiger partial charge in [0.05, 0.1) is 0 Å². The third-order valence-corrected chi connectivity index (χ3v) is 2.75. The van der Waals surface area contributed by atoms with Crippen molar-refractivity contribution < 1.29 is 39.5 Å². The Balaban J connectivity index is 5.24. The smallest absolute Gasteiger partial charge is 0.200 e. The standard InChI is InChI=1S/C6H4ClF9Si/c7-17-2-1-3(8,9)4(10,11)5(12,13)6(14,15)16/h1-2H2. The zero-order chi connectivity index (χ0) is 14.1. The highest BCUT2D eigenvalue weighted by Crippen LogP contribution is 2.54. The molecule has 0 aliphatic rings. The Hall–Kier alpha value is -0.123. The highest BCUT2D eigenvalue weighted by atomic mass is 35.6. The van der Waals surface area contributed by atoms with Gasteiger partial charge in [0, 0.05) is 6.42 Å². The molecule has 0 aromatic heterocycles. The molecule has 0 fully saturated rings. The van der Waals surface area contributed by atoms with Crippen molar-refractivity contribution in [2.75, 3.05) is 0 Å². The van der Waals surface area contributed by atoms with Gasteiger partial charge in [-0.15, -0.1) is 0 Å². The molecule has 17 heavy (non-hydrogen) atoms. The molecule has 0 bridgehead atoms. The number of halogens is 10. The van der Waals surface area contributed by atoms with Crippen LogP contribution in [0.1, 0.15) is 6.42 Å². The maximum absolute atomic E-state index is 12.6. The van der Waals surface area contributed by atoms with Gasteiger partial charge in [0.1, 0.15) is 0 Å². The summed E-state index contributed by atoms with van der Waals surface area (Å²) in [5.41, 5.74) is 0. The van der Waals surface area contributed by atoms with E-state index in [0.29, 0.717) is 0 Å². The van der Waals surface area contributed by atoms with Gasteiger partial charge in [-0.1, -0.05) is 0 Å². The summed E-state index contributed by atoms with van der Waals surface area (Å²) < 4.78 is 110. The quantitative estimate of drug-likeness (QED) is 0.407. The third-order valence-electron chi connectivity index (χ3n) is 1.74. The van der Waals surface area contributed by atoms with Crippen molar-refractivity contribution in [3.63, 3.8) is 0 Å². The lowest BCUT2D eigenvalue weighted by molar-refractivity contribution is -0.396. The zero-order valence-corrected chi connectivity index (χ0v) is 9.45. The maximum atomic E-state index is 12.6. The van der Waals surface area contributed by atoms with Gasteiger partial charge in [0.2, 0.25) is 0 Å². The van der Waals surface area contributed by atoms with E-state index in [1.807, 2.05) is 0 Å². The molecule has 0 spiro atoms. The van der Waals surface area contributed by atoms with Gasteiger partial charge >= 0.3 is 23.9 Å². The predicted octanol–water partition coefficient (Wildman–Crippen LogP) is 4.12. The summed E-state index contributed by atoms with van der Waals surface area (Å²) in [6, 6.07) is -0.794. The van der Waals surface area contributed by atoms with Crippen LogP contribution in [0.25, 0.3) is 0 Å². The SMILES string of the molecule is FC(F)(F)C(F)(F)C(F)(F)C(F)(F)CC[Si]Cl. The second-order valence-corrected chi connectivity index (χ2v) is 4.55. The molecule has 0 nitrogen and oxygen atoms in total. The second-order valence-electron chi connectivity index (χ2n) is 2.98. The fourth-order valence-electron chi connectivity index (χ4n) is 0.769. The molecule has 0 N–H and O–H groups in total. The van der Waals surface area contributed by atoms with Crippen molar-refractivity contribution in [2.45, 2.75) is 36.4 Å². The summed E-state index contributed by atoms with van der Waals surface area (Å²) in [4.78, 5) is 0. The first-order valence-corrected chi connectivity index (χ1v) is 6.07. The topological polar surface area (TPSA) is 0 Å². The van der Waals surface area contributed by atoms with Crippen molar-refractivity contribution >= 4 is 19.9 Å². The molecular weight excluding hydrogens is 307 g/mol. The Kier molecular flexibility index (Phi) is 4.83. The highest BCUT2D eigenvalue weighted by Gasteiger charge is 2.81. The molecule has 102 valence electrons. The molecule has 0 aromatic carbocycles. The molecule has 0 heterocycles. The van der Waals surface area contributed by atoms with E-state index in [9.17, 15) is 39.5 Å². The van der Waals surface area contributed by atoms with Crippen LogP contribution in [0.4, 0.5) is 39.5 Å². The second kappa shape index (κ2) is 4.86. The number of hydrogen-bond acceptors (Lipinski definition) is 0. The van der Waals surface area contributed by atoms with Crippen LogP contribution in [-0.4, -0.2) is 32.8 Å². The fraction of sp³-hybridized carbons (Fsp3) is 1.00. The lowest BCUT2D eigenvalue weighted by Gasteiger charge is -2.33. The van der Waals surface area contributed by atoms with Gasteiger partial charge in [-0.25, -0.2) is 0 Å². The van der Waals surface area contributed by atoms with Gasteiger partial charge in [0.15, 0.2) is 8.83 Å². The molecule has 0 amide bonds. The van der Waals surface area contributed by atoms with E-state index in [0.717, 1.165) is 0 Å². The van der Waals surface area contributed by atoms with E-state index in [1.54, 1.807) is 0 Å². The van der Waals surface area contributed by atoms with Crippen LogP contribution in [0, 0.1) is 0 Å². The first-order valence-electron chi connectivity index (χ1n) is 3.85. The van der Waals surface area contributed by atoms with Crippen LogP contribution in [0.5, 0.6) is 0 Å². The van der Waals surface area contributed by atoms with Crippen molar-refractivity contribution in [1.29, 1.82) is 0 Å². The van der Waals surface area contributed by atoms with Crippen LogP contribution in [0.3, 0.4) is 0 Å². The van der Waals surface area contributed by atoms with E-state index < -0.39 is 45.2 Å². The largest absolute Gasteiger partial charge is 0.460 e. The first kappa shape index (κ1) is 16.9. The van der Waals surface area contributed by atoms with Crippen LogP contribution < -0.4 is 0 Å². The third kappa shape index (κ3) is 3.01. The van der Waals surface area contributed by atoms with Crippen LogP contribution in [-0.2, 0) is 0 Å². The van der Waals surface area contributed by atoms with E-state index >= 15 is 0 Å². The van der Waals surface area contributed by atoms with E-state index in [-0.39, 0.29) is 0 Å². The molecule has 0 aliphatic heterocycles. The van der Waals surface area contributed by atoms with E-state index in [2.05, 4.69) is 0 Å². The summed E-state index contributed by atoms with van der Waals surface area (Å²) in [7, 11) is -0.787. The molecule has 0 saturated heterocycles. The van der Waals surface area contributed by atoms with Crippen molar-refractivity contribution in [1.82, 2.24) is 0 Å². The molecule has 0 unspecified atom stereocenters. The Labute approximate surface area is 96.6 Å². The molecule has 11 heteroatoms. The normalized spacial score (nSPS) is 15.2. The molecule has 0 aromatic rings. The lowest BCUT2D eigenvalue weighted by Crippen LogP contribution is -2.60. The van der Waals surface area contributed by atoms with Crippen LogP contribution in [0.15, 0.2) is 0 Å². The summed E-state index contributed by atoms with van der Waals surface area (Å²) in [6.45, 7) is 0. The summed E-state index contributed by atoms with van der Waals surface area (Å²) >= 11 is 4.90. The maximum Gasteiger partial charge on any atom is 0.460 e. The van der Waals surface area contributed by atoms with Crippen LogP contribution in [0.2, 0.25) is 6.04 Å². The zero-order valence-electron chi connectivity index (χ0n) is 7.69. The Morgan fingerprint density at radius 3 is 1.47 bits per heavy atom. The van der Waals surface area contributed by atoms with Crippen molar-refractivity contribution in [3.05, 3.63) is 0 Å². The fourth-order valence-corrected chi connectivity index (χ4v) is 1.46. The van der Waals surface area contributed by atoms with Gasteiger partial charge in [0.25, 0.3) is 0 Å². The predicted molar refractivity (Wildman–Crippen MR) is 41.9 cm³/mol. The van der Waals surface area contributed by atoms with Crippen LogP contribution >= 0.6 is 11.1 Å². The van der Waals surface area contributed by atoms with Gasteiger partial charge < -0.3 is 0 Å². The minimum Gasteiger partial charge on any atom is -0.200 e. The molecule has 2 radical (unpaired) electrons. The lowest BCUT2D eigenvalue weighted by atomic mass is 10.0. The average Bonchev–Trinajstić information content (AvgIpc) is 2.12. The minimum absolute atomic E-state index is 0.787. The Bertz CT molecular complexity index is 261. The molecule has 0 aliphatic carbocycles. The summed E-state index contributed by atoms with van der Waals surface area (Å²) in [5, 5.41) is 0. The van der Waals surface area contributed by atoms with E-state index in [4.69, 9.17) is 11.1 Å². The van der Waals surface area contributed by atoms with Crippen molar-refractivity contribution in [2.24, 2.45) is 0 Å². The van der Waals surface area contributed by atoms with Crippen molar-refractivity contribution in [3.8, 4) is 0 Å². The molecule has 0 saturated carbocycles. The number of rotatable bonds is 5. The first-order chi connectivity index (χ1) is 7.31. The average molecular weight is 311 g/mol.